The molecule has 0 unspecified atom stereocenters. The predicted molar refractivity (Wildman–Crippen MR) is 68.9 cm³/mol. The highest BCUT2D eigenvalue weighted by Gasteiger charge is 2.34. The van der Waals surface area contributed by atoms with Crippen molar-refractivity contribution in [2.24, 2.45) is 11.8 Å². The van der Waals surface area contributed by atoms with Gasteiger partial charge >= 0.3 is 5.97 Å². The Kier molecular flexibility index (Phi) is 3.99. The number of carbonyl (C=O) groups excluding carboxylic acids is 1. The first-order valence-corrected chi connectivity index (χ1v) is 6.38. The van der Waals surface area contributed by atoms with E-state index in [1.807, 2.05) is 0 Å². The third-order valence-corrected chi connectivity index (χ3v) is 3.40. The number of aromatic nitrogens is 2. The quantitative estimate of drug-likeness (QED) is 0.826. The molecule has 7 heteroatoms. The van der Waals surface area contributed by atoms with E-state index in [9.17, 15) is 9.59 Å². The molecule has 2 N–H and O–H groups in total. The zero-order valence-electron chi connectivity index (χ0n) is 10.4. The predicted octanol–water partition coefficient (Wildman–Crippen LogP) is 1.88. The molecule has 1 heterocycles. The molecule has 0 radical (unpaired) electrons. The van der Waals surface area contributed by atoms with E-state index in [1.165, 1.54) is 0 Å². The maximum atomic E-state index is 12.0. The van der Waals surface area contributed by atoms with Gasteiger partial charge in [-0.25, -0.2) is 9.97 Å². The molecule has 1 aromatic rings. The second kappa shape index (κ2) is 5.52. The van der Waals surface area contributed by atoms with Crippen LogP contribution in [-0.2, 0) is 9.59 Å². The van der Waals surface area contributed by atoms with E-state index in [0.717, 1.165) is 0 Å². The highest BCUT2D eigenvalue weighted by Crippen LogP contribution is 2.31. The number of nitrogens with one attached hydrogen (secondary N) is 1. The molecule has 2 atom stereocenters. The number of amides is 1. The Morgan fingerprint density at radius 2 is 2.05 bits per heavy atom. The largest absolute Gasteiger partial charge is 0.481 e. The molecule has 0 spiro atoms. The molecule has 1 amide bonds. The third kappa shape index (κ3) is 3.41. The Balaban J connectivity index is 2.00. The number of hydrogen-bond donors (Lipinski definition) is 2. The van der Waals surface area contributed by atoms with Gasteiger partial charge < -0.3 is 5.11 Å². The zero-order chi connectivity index (χ0) is 14.0. The summed E-state index contributed by atoms with van der Waals surface area (Å²) < 4.78 is 0. The molecule has 0 saturated heterocycles. The fraction of sp³-hybridized carbons (Fsp3) is 0.500. The van der Waals surface area contributed by atoms with Crippen molar-refractivity contribution in [1.82, 2.24) is 9.97 Å². The van der Waals surface area contributed by atoms with Gasteiger partial charge in [0.1, 0.15) is 5.15 Å². The topological polar surface area (TPSA) is 92.2 Å². The number of aryl methyl sites for hydroxylation is 1. The van der Waals surface area contributed by atoms with E-state index in [4.69, 9.17) is 16.7 Å². The monoisotopic (exact) mass is 283 g/mol. The van der Waals surface area contributed by atoms with Crippen molar-refractivity contribution < 1.29 is 14.7 Å². The van der Waals surface area contributed by atoms with Crippen LogP contribution in [0.3, 0.4) is 0 Å². The Bertz CT molecular complexity index is 501. The average molecular weight is 284 g/mol. The van der Waals surface area contributed by atoms with Crippen LogP contribution in [0, 0.1) is 18.8 Å². The Hall–Kier alpha value is -1.69. The molecule has 1 fully saturated rings. The zero-order valence-corrected chi connectivity index (χ0v) is 11.1. The first-order chi connectivity index (χ1) is 8.95. The summed E-state index contributed by atoms with van der Waals surface area (Å²) in [7, 11) is 0. The Morgan fingerprint density at radius 3 is 2.63 bits per heavy atom. The van der Waals surface area contributed by atoms with Gasteiger partial charge in [-0.05, 0) is 32.3 Å². The molecule has 0 bridgehead atoms. The number of aliphatic carboxylic acids is 1. The molecule has 1 aromatic heterocycles. The van der Waals surface area contributed by atoms with E-state index in [-0.39, 0.29) is 22.9 Å². The van der Waals surface area contributed by atoms with Crippen molar-refractivity contribution in [3.8, 4) is 0 Å². The summed E-state index contributed by atoms with van der Waals surface area (Å²) >= 11 is 5.78. The molecule has 1 saturated carbocycles. The van der Waals surface area contributed by atoms with E-state index in [1.54, 1.807) is 13.0 Å². The summed E-state index contributed by atoms with van der Waals surface area (Å²) in [5.41, 5.74) is 0.658. The maximum absolute atomic E-state index is 12.0. The molecule has 0 aromatic carbocycles. The van der Waals surface area contributed by atoms with Crippen LogP contribution < -0.4 is 5.32 Å². The maximum Gasteiger partial charge on any atom is 0.306 e. The van der Waals surface area contributed by atoms with Crippen LogP contribution in [0.25, 0.3) is 0 Å². The summed E-state index contributed by atoms with van der Waals surface area (Å²) in [5.74, 6) is -1.66. The van der Waals surface area contributed by atoms with Gasteiger partial charge in [0, 0.05) is 11.6 Å². The fourth-order valence-corrected chi connectivity index (χ4v) is 2.48. The van der Waals surface area contributed by atoms with Crippen LogP contribution in [0.5, 0.6) is 0 Å². The van der Waals surface area contributed by atoms with Gasteiger partial charge in [-0.3, -0.25) is 14.9 Å². The van der Waals surface area contributed by atoms with Crippen LogP contribution in [0.15, 0.2) is 6.07 Å². The van der Waals surface area contributed by atoms with Gasteiger partial charge in [0.2, 0.25) is 11.9 Å². The van der Waals surface area contributed by atoms with E-state index in [0.29, 0.717) is 25.0 Å². The van der Waals surface area contributed by atoms with Crippen molar-refractivity contribution in [2.75, 3.05) is 5.32 Å². The molecule has 2 rings (SSSR count). The Labute approximate surface area is 115 Å². The van der Waals surface area contributed by atoms with Crippen LogP contribution in [0.4, 0.5) is 5.95 Å². The summed E-state index contributed by atoms with van der Waals surface area (Å²) in [6.45, 7) is 1.75. The lowest BCUT2D eigenvalue weighted by Gasteiger charge is -2.10. The highest BCUT2D eigenvalue weighted by molar-refractivity contribution is 6.29. The second-order valence-corrected chi connectivity index (χ2v) is 5.08. The molecular weight excluding hydrogens is 270 g/mol. The highest BCUT2D eigenvalue weighted by atomic mass is 35.5. The molecule has 102 valence electrons. The van der Waals surface area contributed by atoms with Gasteiger partial charge in [-0.2, -0.15) is 0 Å². The number of hydrogen-bond acceptors (Lipinski definition) is 4. The number of rotatable bonds is 3. The van der Waals surface area contributed by atoms with Crippen molar-refractivity contribution in [1.29, 1.82) is 0 Å². The summed E-state index contributed by atoms with van der Waals surface area (Å²) in [6, 6.07) is 1.59. The Morgan fingerprint density at radius 1 is 1.37 bits per heavy atom. The van der Waals surface area contributed by atoms with E-state index in [2.05, 4.69) is 15.3 Å². The van der Waals surface area contributed by atoms with Gasteiger partial charge in [-0.1, -0.05) is 11.6 Å². The lowest BCUT2D eigenvalue weighted by atomic mass is 10.0. The summed E-state index contributed by atoms with van der Waals surface area (Å²) in [6.07, 6.45) is 1.46. The minimum Gasteiger partial charge on any atom is -0.481 e. The van der Waals surface area contributed by atoms with Crippen molar-refractivity contribution >= 4 is 29.4 Å². The minimum atomic E-state index is -0.842. The second-order valence-electron chi connectivity index (χ2n) is 4.69. The molecule has 1 aliphatic rings. The number of halogens is 1. The number of carboxylic acids is 1. The van der Waals surface area contributed by atoms with Crippen LogP contribution in [-0.4, -0.2) is 27.0 Å². The van der Waals surface area contributed by atoms with Crippen LogP contribution in [0.2, 0.25) is 5.15 Å². The summed E-state index contributed by atoms with van der Waals surface area (Å²) in [4.78, 5) is 30.8. The molecule has 1 aliphatic carbocycles. The van der Waals surface area contributed by atoms with E-state index >= 15 is 0 Å². The lowest BCUT2D eigenvalue weighted by molar-refractivity contribution is -0.141. The van der Waals surface area contributed by atoms with Gasteiger partial charge in [-0.15, -0.1) is 0 Å². The fourth-order valence-electron chi connectivity index (χ4n) is 2.24. The smallest absolute Gasteiger partial charge is 0.306 e. The molecular formula is C12H14ClN3O3. The van der Waals surface area contributed by atoms with Crippen molar-refractivity contribution in [2.45, 2.75) is 26.2 Å². The normalized spacial score (nSPS) is 22.2. The van der Waals surface area contributed by atoms with E-state index < -0.39 is 11.9 Å². The number of anilines is 1. The summed E-state index contributed by atoms with van der Waals surface area (Å²) in [5, 5.41) is 11.7. The minimum absolute atomic E-state index is 0.161. The van der Waals surface area contributed by atoms with Crippen molar-refractivity contribution in [3.05, 3.63) is 16.9 Å². The van der Waals surface area contributed by atoms with Crippen LogP contribution >= 0.6 is 11.6 Å². The molecule has 0 aliphatic heterocycles. The third-order valence-electron chi connectivity index (χ3n) is 3.21. The van der Waals surface area contributed by atoms with Gasteiger partial charge in [0.05, 0.1) is 5.92 Å². The molecule has 19 heavy (non-hydrogen) atoms. The number of carboxylic acid groups (broad SMARTS) is 1. The van der Waals surface area contributed by atoms with Crippen molar-refractivity contribution in [3.63, 3.8) is 0 Å². The average Bonchev–Trinajstić information content (AvgIpc) is 2.76. The van der Waals surface area contributed by atoms with Gasteiger partial charge in [0.25, 0.3) is 0 Å². The first-order valence-electron chi connectivity index (χ1n) is 6.00. The lowest BCUT2D eigenvalue weighted by Crippen LogP contribution is -2.23. The number of carbonyl (C=O) groups is 2. The first kappa shape index (κ1) is 13.7. The SMILES string of the molecule is Cc1cc(Cl)nc(NC(=O)[C@@H]2CC[C@H](C(=O)O)C2)n1. The van der Waals surface area contributed by atoms with Gasteiger partial charge in [0.15, 0.2) is 0 Å². The van der Waals surface area contributed by atoms with Crippen LogP contribution in [0.1, 0.15) is 25.0 Å². The number of nitrogens with zero attached hydrogens (tertiary/aromatic N) is 2. The molecule has 6 nitrogen and oxygen atoms in total. The standard InChI is InChI=1S/C12H14ClN3O3/c1-6-4-9(13)15-12(14-6)16-10(17)7-2-3-8(5-7)11(18)19/h4,7-8H,2-3,5H2,1H3,(H,18,19)(H,14,15,16,17)/t7-,8+/m1/s1.